The Morgan fingerprint density at radius 2 is 1.91 bits per heavy atom. The van der Waals surface area contributed by atoms with E-state index in [1.54, 1.807) is 54.9 Å². The molecule has 9 heteroatoms. The van der Waals surface area contributed by atoms with Crippen LogP contribution in [-0.2, 0) is 9.59 Å². The Morgan fingerprint density at radius 1 is 1.19 bits per heavy atom. The first-order chi connectivity index (χ1) is 15.3. The quantitative estimate of drug-likeness (QED) is 0.423. The molecular formula is C23H21ClFN3O3S. The maximum absolute atomic E-state index is 14.2. The first-order valence-corrected chi connectivity index (χ1v) is 10.9. The lowest BCUT2D eigenvalue weighted by Gasteiger charge is -2.18. The Labute approximate surface area is 194 Å². The fraction of sp³-hybridized carbons (Fsp3) is 0.174. The van der Waals surface area contributed by atoms with Gasteiger partial charge in [-0.2, -0.15) is 0 Å². The molecule has 0 spiro atoms. The zero-order valence-electron chi connectivity index (χ0n) is 17.5. The molecular weight excluding hydrogens is 453 g/mol. The predicted molar refractivity (Wildman–Crippen MR) is 125 cm³/mol. The van der Waals surface area contributed by atoms with Crippen molar-refractivity contribution in [1.29, 1.82) is 0 Å². The minimum absolute atomic E-state index is 0.126. The van der Waals surface area contributed by atoms with E-state index in [2.05, 4.69) is 4.98 Å². The summed E-state index contributed by atoms with van der Waals surface area (Å²) in [6, 6.07) is 13.0. The van der Waals surface area contributed by atoms with Crippen molar-refractivity contribution in [2.75, 3.05) is 25.1 Å². The van der Waals surface area contributed by atoms with Crippen LogP contribution in [0.3, 0.4) is 0 Å². The van der Waals surface area contributed by atoms with Crippen molar-refractivity contribution in [3.05, 3.63) is 76.5 Å². The van der Waals surface area contributed by atoms with Gasteiger partial charge in [0.2, 0.25) is 11.8 Å². The highest BCUT2D eigenvalue weighted by Gasteiger charge is 2.20. The van der Waals surface area contributed by atoms with Gasteiger partial charge < -0.3 is 9.64 Å². The van der Waals surface area contributed by atoms with E-state index in [0.717, 1.165) is 0 Å². The fourth-order valence-corrected chi connectivity index (χ4v) is 3.70. The summed E-state index contributed by atoms with van der Waals surface area (Å²) in [5.41, 5.74) is 0.619. The average molecular weight is 474 g/mol. The van der Waals surface area contributed by atoms with Gasteiger partial charge in [0.1, 0.15) is 18.2 Å². The second-order valence-electron chi connectivity index (χ2n) is 6.76. The van der Waals surface area contributed by atoms with Crippen molar-refractivity contribution >= 4 is 51.6 Å². The molecule has 0 saturated heterocycles. The molecule has 2 aromatic carbocycles. The Bertz CT molecular complexity index is 1120. The summed E-state index contributed by atoms with van der Waals surface area (Å²) in [5.74, 6) is -0.438. The smallest absolute Gasteiger partial charge is 0.246 e. The number of para-hydroxylation sites is 1. The molecule has 0 radical (unpaired) electrons. The summed E-state index contributed by atoms with van der Waals surface area (Å²) in [5, 5.41) is 2.64. The molecule has 6 nitrogen and oxygen atoms in total. The fourth-order valence-electron chi connectivity index (χ4n) is 2.72. The number of hydrogen-bond acceptors (Lipinski definition) is 5. The molecule has 0 aliphatic rings. The van der Waals surface area contributed by atoms with Gasteiger partial charge in [-0.1, -0.05) is 23.7 Å². The number of amides is 2. The van der Waals surface area contributed by atoms with Crippen LogP contribution in [-0.4, -0.2) is 41.9 Å². The maximum Gasteiger partial charge on any atom is 0.246 e. The zero-order chi connectivity index (χ0) is 23.1. The number of carbonyl (C=O) groups is 2. The molecule has 0 aliphatic carbocycles. The number of nitrogens with zero attached hydrogens (tertiary/aromatic N) is 3. The highest BCUT2D eigenvalue weighted by atomic mass is 35.5. The summed E-state index contributed by atoms with van der Waals surface area (Å²) in [6.45, 7) is 2.06. The third-order valence-corrected chi connectivity index (χ3v) is 5.49. The lowest BCUT2D eigenvalue weighted by Crippen LogP contribution is -2.29. The van der Waals surface area contributed by atoms with Gasteiger partial charge in [-0.25, -0.2) is 9.37 Å². The van der Waals surface area contributed by atoms with Gasteiger partial charge in [0.25, 0.3) is 0 Å². The Hall–Kier alpha value is -3.23. The number of halogens is 2. The average Bonchev–Trinajstić information content (AvgIpc) is 3.23. The number of rotatable bonds is 8. The molecule has 3 aromatic rings. The monoisotopic (exact) mass is 473 g/mol. The molecule has 0 bridgehead atoms. The van der Waals surface area contributed by atoms with Gasteiger partial charge in [0.05, 0.1) is 17.9 Å². The van der Waals surface area contributed by atoms with Gasteiger partial charge in [-0.3, -0.25) is 14.5 Å². The summed E-state index contributed by atoms with van der Waals surface area (Å²) >= 11 is 7.02. The van der Waals surface area contributed by atoms with E-state index in [1.165, 1.54) is 46.3 Å². The molecule has 32 heavy (non-hydrogen) atoms. The molecule has 0 unspecified atom stereocenters. The minimum Gasteiger partial charge on any atom is -0.492 e. The molecule has 0 saturated carbocycles. The normalized spacial score (nSPS) is 10.9. The van der Waals surface area contributed by atoms with Crippen LogP contribution in [0.1, 0.15) is 12.6 Å². The maximum atomic E-state index is 14.2. The largest absolute Gasteiger partial charge is 0.492 e. The second kappa shape index (κ2) is 10.9. The van der Waals surface area contributed by atoms with Gasteiger partial charge in [-0.15, -0.1) is 11.3 Å². The summed E-state index contributed by atoms with van der Waals surface area (Å²) in [6.07, 6.45) is 2.95. The topological polar surface area (TPSA) is 62.7 Å². The first kappa shape index (κ1) is 23.4. The molecule has 2 amide bonds. The van der Waals surface area contributed by atoms with E-state index in [4.69, 9.17) is 16.3 Å². The molecule has 0 N–H and O–H groups in total. The number of anilines is 2. The number of benzene rings is 2. The number of carbonyl (C=O) groups excluding carboxylic acids is 2. The molecule has 1 heterocycles. The van der Waals surface area contributed by atoms with Crippen LogP contribution in [0, 0.1) is 5.82 Å². The molecule has 3 rings (SSSR count). The zero-order valence-corrected chi connectivity index (χ0v) is 19.1. The number of thiazole rings is 1. The number of likely N-dealkylation sites (N-methyl/N-ethyl adjacent to an activating group) is 1. The standard InChI is InChI=1S/C23H21ClFN3O3S/c1-16(29)28(21-6-4-3-5-20(21)25)23-26-18(15-32-23)9-12-22(30)27(2)13-14-31-19-10-7-17(24)8-11-19/h3-12,15H,13-14H2,1-2H3. The van der Waals surface area contributed by atoms with Crippen molar-refractivity contribution in [1.82, 2.24) is 9.88 Å². The van der Waals surface area contributed by atoms with Crippen LogP contribution in [0.5, 0.6) is 5.75 Å². The summed E-state index contributed by atoms with van der Waals surface area (Å²) in [4.78, 5) is 31.5. The summed E-state index contributed by atoms with van der Waals surface area (Å²) < 4.78 is 19.8. The number of hydrogen-bond donors (Lipinski definition) is 0. The van der Waals surface area contributed by atoms with Crippen molar-refractivity contribution in [3.8, 4) is 5.75 Å². The van der Waals surface area contributed by atoms with E-state index in [-0.39, 0.29) is 17.5 Å². The lowest BCUT2D eigenvalue weighted by molar-refractivity contribution is -0.125. The molecule has 0 fully saturated rings. The van der Waals surface area contributed by atoms with Crippen molar-refractivity contribution in [2.45, 2.75) is 6.92 Å². The minimum atomic E-state index is -0.521. The van der Waals surface area contributed by atoms with E-state index in [0.29, 0.717) is 34.7 Å². The third kappa shape index (κ3) is 6.15. The predicted octanol–water partition coefficient (Wildman–Crippen LogP) is 5.17. The van der Waals surface area contributed by atoms with Gasteiger partial charge in [0, 0.05) is 30.5 Å². The van der Waals surface area contributed by atoms with E-state index >= 15 is 0 Å². The molecule has 1 aromatic heterocycles. The van der Waals surface area contributed by atoms with Crippen LogP contribution in [0.2, 0.25) is 5.02 Å². The highest BCUT2D eigenvalue weighted by molar-refractivity contribution is 7.14. The van der Waals surface area contributed by atoms with Crippen LogP contribution >= 0.6 is 22.9 Å². The van der Waals surface area contributed by atoms with Crippen LogP contribution in [0.4, 0.5) is 15.2 Å². The molecule has 166 valence electrons. The van der Waals surface area contributed by atoms with Gasteiger partial charge >= 0.3 is 0 Å². The van der Waals surface area contributed by atoms with Crippen molar-refractivity contribution in [3.63, 3.8) is 0 Å². The Balaban J connectivity index is 1.59. The van der Waals surface area contributed by atoms with Crippen molar-refractivity contribution in [2.24, 2.45) is 0 Å². The lowest BCUT2D eigenvalue weighted by atomic mass is 10.3. The Morgan fingerprint density at radius 3 is 2.59 bits per heavy atom. The van der Waals surface area contributed by atoms with E-state index in [1.807, 2.05) is 0 Å². The first-order valence-electron chi connectivity index (χ1n) is 9.67. The van der Waals surface area contributed by atoms with E-state index < -0.39 is 5.82 Å². The molecule has 0 aliphatic heterocycles. The van der Waals surface area contributed by atoms with Crippen molar-refractivity contribution < 1.29 is 18.7 Å². The van der Waals surface area contributed by atoms with E-state index in [9.17, 15) is 14.0 Å². The van der Waals surface area contributed by atoms with Crippen LogP contribution < -0.4 is 9.64 Å². The van der Waals surface area contributed by atoms with Gasteiger partial charge in [0.15, 0.2) is 5.13 Å². The second-order valence-corrected chi connectivity index (χ2v) is 8.03. The third-order valence-electron chi connectivity index (χ3n) is 4.39. The number of ether oxygens (including phenoxy) is 1. The summed E-state index contributed by atoms with van der Waals surface area (Å²) in [7, 11) is 1.67. The van der Waals surface area contributed by atoms with Crippen LogP contribution in [0.15, 0.2) is 60.0 Å². The molecule has 0 atom stereocenters. The highest BCUT2D eigenvalue weighted by Crippen LogP contribution is 2.31. The van der Waals surface area contributed by atoms with Crippen LogP contribution in [0.25, 0.3) is 6.08 Å². The Kier molecular flexibility index (Phi) is 7.97. The number of aromatic nitrogens is 1. The van der Waals surface area contributed by atoms with Gasteiger partial charge in [-0.05, 0) is 42.5 Å². The SMILES string of the molecule is CC(=O)N(c1nc(C=CC(=O)N(C)CCOc2ccc(Cl)cc2)cs1)c1ccccc1F.